The molecule has 0 N–H and O–H groups in total. The maximum atomic E-state index is 2.65. The quantitative estimate of drug-likeness (QED) is 0.132. The Kier molecular flexibility index (Phi) is 5.47. The summed E-state index contributed by atoms with van der Waals surface area (Å²) < 4.78 is 5.26. The predicted molar refractivity (Wildman–Crippen MR) is 172 cm³/mol. The van der Waals surface area contributed by atoms with Crippen LogP contribution in [-0.4, -0.2) is 12.8 Å². The number of fused-ring (bicyclic) bond motifs is 3. The van der Waals surface area contributed by atoms with Gasteiger partial charge in [-0.2, -0.15) is 0 Å². The van der Waals surface area contributed by atoms with Crippen molar-refractivity contribution in [3.63, 3.8) is 0 Å². The molecule has 0 fully saturated rings. The first kappa shape index (κ1) is 25.3. The standard InChI is InChI=1S/C37H39N2Si/c1-24(2)29-20-14-22-31-30-21-15-23-32-33(30)35-36(26(5)38(25(3)4)39(35)34(29)31)40(37(32,6)7,27-16-10-8-11-17-27)28-18-12-9-13-19-28/h8-25H,1-7H3/q+1. The molecule has 0 unspecified atom stereocenters. The van der Waals surface area contributed by atoms with Crippen LogP contribution in [0.4, 0.5) is 0 Å². The van der Waals surface area contributed by atoms with Crippen LogP contribution in [-0.2, 0) is 5.04 Å². The Morgan fingerprint density at radius 3 is 1.82 bits per heavy atom. The minimum absolute atomic E-state index is 0.0903. The molecular weight excluding hydrogens is 501 g/mol. The average molecular weight is 540 g/mol. The largest absolute Gasteiger partial charge is 0.247 e. The van der Waals surface area contributed by atoms with Crippen molar-refractivity contribution in [3.8, 4) is 0 Å². The molecule has 0 bridgehead atoms. The molecule has 3 heteroatoms. The summed E-state index contributed by atoms with van der Waals surface area (Å²) in [4.78, 5) is 0. The third-order valence-electron chi connectivity index (χ3n) is 9.75. The molecule has 0 aliphatic carbocycles. The smallest absolute Gasteiger partial charge is 0.149 e. The highest BCUT2D eigenvalue weighted by Crippen LogP contribution is 2.45. The number of pyridine rings is 1. The van der Waals surface area contributed by atoms with Crippen molar-refractivity contribution in [2.75, 3.05) is 0 Å². The molecule has 1 aliphatic rings. The summed E-state index contributed by atoms with van der Waals surface area (Å²) in [5.74, 6) is 0.420. The van der Waals surface area contributed by atoms with Gasteiger partial charge in [0.1, 0.15) is 0 Å². The van der Waals surface area contributed by atoms with Gasteiger partial charge in [-0.15, -0.1) is 4.68 Å². The number of hydrogen-bond donors (Lipinski definition) is 0. The van der Waals surface area contributed by atoms with E-state index in [2.05, 4.69) is 155 Å². The van der Waals surface area contributed by atoms with E-state index in [1.54, 1.807) is 5.19 Å². The van der Waals surface area contributed by atoms with Crippen molar-refractivity contribution in [2.24, 2.45) is 0 Å². The fraction of sp³-hybridized carbons (Fsp3) is 0.270. The first-order valence-electron chi connectivity index (χ1n) is 14.8. The van der Waals surface area contributed by atoms with E-state index in [1.165, 1.54) is 54.4 Å². The van der Waals surface area contributed by atoms with Gasteiger partial charge in [0.05, 0.1) is 22.5 Å². The van der Waals surface area contributed by atoms with Gasteiger partial charge in [0, 0.05) is 16.1 Å². The Hall–Kier alpha value is -3.69. The zero-order chi connectivity index (χ0) is 28.0. The minimum atomic E-state index is -2.63. The maximum absolute atomic E-state index is 2.65. The Morgan fingerprint density at radius 2 is 1.25 bits per heavy atom. The third kappa shape index (κ3) is 2.96. The second-order valence-electron chi connectivity index (χ2n) is 12.8. The van der Waals surface area contributed by atoms with E-state index in [-0.39, 0.29) is 5.04 Å². The van der Waals surface area contributed by atoms with Crippen LogP contribution in [0.25, 0.3) is 27.2 Å². The van der Waals surface area contributed by atoms with Crippen molar-refractivity contribution in [1.82, 2.24) is 4.68 Å². The SMILES string of the molecule is Cc1c2c3c4c(cccc4c4cccc(C(C)C)c4[n+]3n1C(C)C)C(C)(C)[Si]2(c1ccccc1)c1ccccc1. The number of para-hydroxylation sites is 1. The molecule has 2 aromatic heterocycles. The van der Waals surface area contributed by atoms with E-state index in [0.717, 1.165) is 0 Å². The molecule has 0 amide bonds. The van der Waals surface area contributed by atoms with Crippen LogP contribution in [0.3, 0.4) is 0 Å². The molecule has 0 atom stereocenters. The van der Waals surface area contributed by atoms with Gasteiger partial charge in [0.15, 0.2) is 8.07 Å². The van der Waals surface area contributed by atoms with Crippen molar-refractivity contribution in [2.45, 2.75) is 65.5 Å². The number of rotatable bonds is 4. The average Bonchev–Trinajstić information content (AvgIpc) is 3.27. The monoisotopic (exact) mass is 539 g/mol. The predicted octanol–water partition coefficient (Wildman–Crippen LogP) is 6.85. The lowest BCUT2D eigenvalue weighted by Gasteiger charge is -2.48. The lowest BCUT2D eigenvalue weighted by Crippen LogP contribution is -2.78. The van der Waals surface area contributed by atoms with Crippen molar-refractivity contribution in [3.05, 3.63) is 114 Å². The molecular formula is C37H39N2Si+. The molecule has 4 aromatic carbocycles. The fourth-order valence-corrected chi connectivity index (χ4v) is 14.5. The van der Waals surface area contributed by atoms with Crippen LogP contribution in [0.1, 0.15) is 70.3 Å². The summed E-state index contributed by atoms with van der Waals surface area (Å²) >= 11 is 0. The maximum Gasteiger partial charge on any atom is 0.247 e. The van der Waals surface area contributed by atoms with Crippen molar-refractivity contribution in [1.29, 1.82) is 0 Å². The summed E-state index contributed by atoms with van der Waals surface area (Å²) in [5, 5.41) is 8.63. The highest BCUT2D eigenvalue weighted by molar-refractivity contribution is 7.14. The van der Waals surface area contributed by atoms with Gasteiger partial charge < -0.3 is 0 Å². The zero-order valence-corrected chi connectivity index (χ0v) is 25.8. The highest BCUT2D eigenvalue weighted by Gasteiger charge is 2.60. The number of aromatic nitrogens is 2. The highest BCUT2D eigenvalue weighted by atomic mass is 28.3. The minimum Gasteiger partial charge on any atom is -0.149 e. The molecule has 3 heterocycles. The molecule has 200 valence electrons. The van der Waals surface area contributed by atoms with Gasteiger partial charge in [-0.05, 0) is 53.7 Å². The van der Waals surface area contributed by atoms with Crippen molar-refractivity contribution < 1.29 is 4.52 Å². The molecule has 1 aliphatic heterocycles. The summed E-state index contributed by atoms with van der Waals surface area (Å²) in [6, 6.07) is 37.3. The van der Waals surface area contributed by atoms with Crippen LogP contribution in [0, 0.1) is 6.92 Å². The van der Waals surface area contributed by atoms with Gasteiger partial charge in [0.25, 0.3) is 0 Å². The lowest BCUT2D eigenvalue weighted by molar-refractivity contribution is -0.586. The molecule has 6 aromatic rings. The number of hydrogen-bond acceptors (Lipinski definition) is 0. The van der Waals surface area contributed by atoms with Crippen molar-refractivity contribution >= 4 is 50.8 Å². The molecule has 0 spiro atoms. The Bertz CT molecular complexity index is 1890. The zero-order valence-electron chi connectivity index (χ0n) is 24.8. The van der Waals surface area contributed by atoms with Gasteiger partial charge in [-0.3, -0.25) is 0 Å². The third-order valence-corrected chi connectivity index (χ3v) is 15.6. The first-order chi connectivity index (χ1) is 19.2. The van der Waals surface area contributed by atoms with Gasteiger partial charge in [-0.25, -0.2) is 0 Å². The van der Waals surface area contributed by atoms with E-state index in [0.29, 0.717) is 12.0 Å². The van der Waals surface area contributed by atoms with E-state index in [4.69, 9.17) is 0 Å². The van der Waals surface area contributed by atoms with Gasteiger partial charge in [0.2, 0.25) is 11.0 Å². The van der Waals surface area contributed by atoms with Gasteiger partial charge >= 0.3 is 0 Å². The summed E-state index contributed by atoms with van der Waals surface area (Å²) in [6.07, 6.45) is 0. The summed E-state index contributed by atoms with van der Waals surface area (Å²) in [6.45, 7) is 16.8. The van der Waals surface area contributed by atoms with E-state index in [9.17, 15) is 0 Å². The second kappa shape index (κ2) is 8.65. The first-order valence-corrected chi connectivity index (χ1v) is 16.8. The Balaban J connectivity index is 1.88. The van der Waals surface area contributed by atoms with E-state index in [1.807, 2.05) is 0 Å². The lowest BCUT2D eigenvalue weighted by atomic mass is 9.90. The van der Waals surface area contributed by atoms with E-state index < -0.39 is 8.07 Å². The number of nitrogens with zero attached hydrogens (tertiary/aromatic N) is 2. The molecule has 2 nitrogen and oxygen atoms in total. The molecule has 0 radical (unpaired) electrons. The molecule has 0 saturated carbocycles. The van der Waals surface area contributed by atoms with Crippen LogP contribution in [0.15, 0.2) is 97.1 Å². The molecule has 7 rings (SSSR count). The van der Waals surface area contributed by atoms with Crippen LogP contribution in [0.5, 0.6) is 0 Å². The van der Waals surface area contributed by atoms with Gasteiger partial charge in [-0.1, -0.05) is 123 Å². The van der Waals surface area contributed by atoms with E-state index >= 15 is 0 Å². The summed E-state index contributed by atoms with van der Waals surface area (Å²) in [7, 11) is -2.63. The summed E-state index contributed by atoms with van der Waals surface area (Å²) in [5.41, 5.74) is 7.09. The normalized spacial score (nSPS) is 15.7. The van der Waals surface area contributed by atoms with Crippen LogP contribution < -0.4 is 20.1 Å². The Morgan fingerprint density at radius 1 is 0.675 bits per heavy atom. The topological polar surface area (TPSA) is 9.03 Å². The molecule has 0 saturated heterocycles. The Labute approximate surface area is 238 Å². The van der Waals surface area contributed by atoms with Crippen LogP contribution in [0.2, 0.25) is 0 Å². The molecule has 40 heavy (non-hydrogen) atoms. The fourth-order valence-electron chi connectivity index (χ4n) is 8.27. The van der Waals surface area contributed by atoms with Crippen LogP contribution >= 0.6 is 0 Å². The second-order valence-corrected chi connectivity index (χ2v) is 17.2. The number of benzene rings is 4.